The summed E-state index contributed by atoms with van der Waals surface area (Å²) in [6, 6.07) is 19.9. The normalized spacial score (nSPS) is 14.6. The Kier molecular flexibility index (Phi) is 12.0. The molecular weight excluding hydrogens is 544 g/mol. The van der Waals surface area contributed by atoms with Crippen LogP contribution in [-0.4, -0.2) is 61.3 Å². The first-order valence-corrected chi connectivity index (χ1v) is 15.1. The molecule has 2 atom stereocenters. The first kappa shape index (κ1) is 32.0. The molecule has 1 amide bonds. The molecule has 230 valence electrons. The fourth-order valence-corrected chi connectivity index (χ4v) is 5.42. The molecule has 8 heteroatoms. The van der Waals surface area contributed by atoms with Gasteiger partial charge in [0.2, 0.25) is 12.7 Å². The van der Waals surface area contributed by atoms with Gasteiger partial charge in [-0.15, -0.1) is 0 Å². The molecule has 0 aliphatic carbocycles. The number of unbranched alkanes of at least 4 members (excludes halogenated alkanes) is 1. The zero-order valence-corrected chi connectivity index (χ0v) is 25.5. The highest BCUT2D eigenvalue weighted by atomic mass is 16.7. The number of nitrogens with one attached hydrogen (secondary N) is 1. The van der Waals surface area contributed by atoms with Crippen molar-refractivity contribution in [2.75, 3.05) is 33.5 Å². The van der Waals surface area contributed by atoms with E-state index in [1.54, 1.807) is 43.5 Å². The molecule has 0 spiro atoms. The molecule has 1 aliphatic heterocycles. The van der Waals surface area contributed by atoms with Crippen LogP contribution in [0.1, 0.15) is 71.7 Å². The van der Waals surface area contributed by atoms with E-state index < -0.39 is 12.1 Å². The number of benzene rings is 3. The Bertz CT molecular complexity index is 1300. The van der Waals surface area contributed by atoms with Crippen LogP contribution < -0.4 is 19.5 Å². The minimum atomic E-state index is -0.874. The summed E-state index contributed by atoms with van der Waals surface area (Å²) in [6.07, 6.45) is 3.25. The number of rotatable bonds is 16. The molecule has 43 heavy (non-hydrogen) atoms. The maximum atomic E-state index is 12.9. The van der Waals surface area contributed by atoms with Crippen molar-refractivity contribution in [1.29, 1.82) is 0 Å². The lowest BCUT2D eigenvalue weighted by molar-refractivity contribution is -0.123. The van der Waals surface area contributed by atoms with Gasteiger partial charge < -0.3 is 29.5 Å². The number of ether oxygens (including phenoxy) is 3. The van der Waals surface area contributed by atoms with Gasteiger partial charge in [-0.1, -0.05) is 30.3 Å². The van der Waals surface area contributed by atoms with Crippen molar-refractivity contribution < 1.29 is 28.9 Å². The van der Waals surface area contributed by atoms with Gasteiger partial charge in [0.15, 0.2) is 5.78 Å². The van der Waals surface area contributed by atoms with Crippen LogP contribution >= 0.6 is 0 Å². The minimum absolute atomic E-state index is 0.0506. The van der Waals surface area contributed by atoms with E-state index in [9.17, 15) is 14.7 Å². The van der Waals surface area contributed by atoms with E-state index in [4.69, 9.17) is 14.2 Å². The zero-order valence-electron chi connectivity index (χ0n) is 25.5. The molecule has 0 radical (unpaired) electrons. The van der Waals surface area contributed by atoms with E-state index in [-0.39, 0.29) is 18.5 Å². The lowest BCUT2D eigenvalue weighted by atomic mass is 10.0. The van der Waals surface area contributed by atoms with Gasteiger partial charge in [0.05, 0.1) is 13.2 Å². The quantitative estimate of drug-likeness (QED) is 0.124. The average molecular weight is 589 g/mol. The van der Waals surface area contributed by atoms with Crippen LogP contribution in [0.5, 0.6) is 17.2 Å². The number of amides is 1. The monoisotopic (exact) mass is 588 g/mol. The van der Waals surface area contributed by atoms with Crippen molar-refractivity contribution in [3.05, 3.63) is 89.0 Å². The zero-order chi connectivity index (χ0) is 30.6. The second-order valence-electron chi connectivity index (χ2n) is 11.2. The number of para-hydroxylation sites is 1. The van der Waals surface area contributed by atoms with Crippen LogP contribution in [0, 0.1) is 13.8 Å². The predicted octanol–water partition coefficient (Wildman–Crippen LogP) is 5.78. The molecule has 4 rings (SSSR count). The molecule has 1 fully saturated rings. The van der Waals surface area contributed by atoms with Gasteiger partial charge in [0.1, 0.15) is 23.4 Å². The minimum Gasteiger partial charge on any atom is -0.497 e. The number of hydrogen-bond donors (Lipinski definition) is 2. The third-order valence-electron chi connectivity index (χ3n) is 7.91. The number of carbonyl (C=O) groups excluding carboxylic acids is 2. The van der Waals surface area contributed by atoms with E-state index in [2.05, 4.69) is 10.2 Å². The largest absolute Gasteiger partial charge is 0.497 e. The van der Waals surface area contributed by atoms with Gasteiger partial charge in [-0.3, -0.25) is 9.59 Å². The number of aryl methyl sites for hydroxylation is 2. The van der Waals surface area contributed by atoms with Crippen LogP contribution in [0.2, 0.25) is 0 Å². The first-order chi connectivity index (χ1) is 20.8. The third-order valence-corrected chi connectivity index (χ3v) is 7.91. The molecular formula is C35H44N2O6. The molecule has 8 nitrogen and oxygen atoms in total. The fourth-order valence-electron chi connectivity index (χ4n) is 5.42. The van der Waals surface area contributed by atoms with Crippen LogP contribution in [0.25, 0.3) is 0 Å². The topological polar surface area (TPSA) is 97.3 Å². The number of nitrogens with zero attached hydrogens (tertiary/aromatic N) is 1. The molecule has 1 saturated heterocycles. The Morgan fingerprint density at radius 3 is 2.14 bits per heavy atom. The summed E-state index contributed by atoms with van der Waals surface area (Å²) in [7, 11) is 1.59. The molecule has 3 aromatic rings. The van der Waals surface area contributed by atoms with E-state index >= 15 is 0 Å². The standard InChI is InChI=1S/C35H44N2O6/c1-25-9-8-10-26(2)35(25)43-24-42-30-19-15-28(16-20-30)34(40)31(23-37-21-6-7-22-37)36-33(39)12-5-4-11-32(38)27-13-17-29(41-3)18-14-27/h8-10,13-20,31,34,40H,4-7,11-12,21-24H2,1-3H3,(H,36,39)/t31-,34-/m1/s1. The summed E-state index contributed by atoms with van der Waals surface area (Å²) in [5.41, 5.74) is 3.45. The Hall–Kier alpha value is -3.88. The van der Waals surface area contributed by atoms with E-state index in [0.717, 1.165) is 42.8 Å². The smallest absolute Gasteiger partial charge is 0.230 e. The summed E-state index contributed by atoms with van der Waals surface area (Å²) >= 11 is 0. The van der Waals surface area contributed by atoms with Crippen LogP contribution in [-0.2, 0) is 4.79 Å². The molecule has 0 bridgehead atoms. The highest BCUT2D eigenvalue weighted by molar-refractivity contribution is 5.96. The molecule has 0 unspecified atom stereocenters. The molecule has 0 aromatic heterocycles. The van der Waals surface area contributed by atoms with Crippen molar-refractivity contribution in [3.8, 4) is 17.2 Å². The van der Waals surface area contributed by atoms with Crippen molar-refractivity contribution in [2.45, 2.75) is 64.5 Å². The third kappa shape index (κ3) is 9.56. The van der Waals surface area contributed by atoms with Crippen molar-refractivity contribution in [1.82, 2.24) is 10.2 Å². The Morgan fingerprint density at radius 2 is 1.49 bits per heavy atom. The Balaban J connectivity index is 1.27. The number of ketones is 1. The Morgan fingerprint density at radius 1 is 0.860 bits per heavy atom. The molecule has 1 aliphatic rings. The van der Waals surface area contributed by atoms with Crippen molar-refractivity contribution >= 4 is 11.7 Å². The van der Waals surface area contributed by atoms with E-state index in [0.29, 0.717) is 54.9 Å². The number of carbonyl (C=O) groups is 2. The van der Waals surface area contributed by atoms with Crippen LogP contribution in [0.4, 0.5) is 0 Å². The number of likely N-dealkylation sites (tertiary alicyclic amines) is 1. The van der Waals surface area contributed by atoms with E-state index in [1.807, 2.05) is 44.2 Å². The fraction of sp³-hybridized carbons (Fsp3) is 0.429. The molecule has 3 aromatic carbocycles. The number of methoxy groups -OCH3 is 1. The second-order valence-corrected chi connectivity index (χ2v) is 11.2. The summed E-state index contributed by atoms with van der Waals surface area (Å²) in [4.78, 5) is 27.7. The predicted molar refractivity (Wildman–Crippen MR) is 167 cm³/mol. The number of aliphatic hydroxyl groups excluding tert-OH is 1. The molecule has 0 saturated carbocycles. The summed E-state index contributed by atoms with van der Waals surface area (Å²) < 4.78 is 16.8. The maximum Gasteiger partial charge on any atom is 0.230 e. The lowest BCUT2D eigenvalue weighted by Crippen LogP contribution is -2.46. The van der Waals surface area contributed by atoms with Gasteiger partial charge in [0.25, 0.3) is 0 Å². The van der Waals surface area contributed by atoms with Gasteiger partial charge in [-0.2, -0.15) is 0 Å². The van der Waals surface area contributed by atoms with Gasteiger partial charge >= 0.3 is 0 Å². The van der Waals surface area contributed by atoms with Crippen LogP contribution in [0.3, 0.4) is 0 Å². The summed E-state index contributed by atoms with van der Waals surface area (Å²) in [5, 5.41) is 14.4. The van der Waals surface area contributed by atoms with E-state index in [1.165, 1.54) is 0 Å². The Labute approximate surface area is 255 Å². The van der Waals surface area contributed by atoms with Gasteiger partial charge in [-0.05, 0) is 106 Å². The number of hydrogen-bond acceptors (Lipinski definition) is 7. The summed E-state index contributed by atoms with van der Waals surface area (Å²) in [5.74, 6) is 2.09. The highest BCUT2D eigenvalue weighted by Crippen LogP contribution is 2.25. The molecule has 2 N–H and O–H groups in total. The highest BCUT2D eigenvalue weighted by Gasteiger charge is 2.26. The van der Waals surface area contributed by atoms with Crippen LogP contribution in [0.15, 0.2) is 66.7 Å². The average Bonchev–Trinajstić information content (AvgIpc) is 3.53. The second kappa shape index (κ2) is 16.1. The number of Topliss-reactive ketones (excluding diaryl/α,β-unsaturated/α-hetero) is 1. The van der Waals surface area contributed by atoms with Gasteiger partial charge in [-0.25, -0.2) is 0 Å². The maximum absolute atomic E-state index is 12.9. The SMILES string of the molecule is COc1ccc(C(=O)CCCCC(=O)N[C@H](CN2CCCC2)[C@H](O)c2ccc(OCOc3c(C)cccc3C)cc2)cc1. The first-order valence-electron chi connectivity index (χ1n) is 15.1. The van der Waals surface area contributed by atoms with Crippen molar-refractivity contribution in [2.24, 2.45) is 0 Å². The van der Waals surface area contributed by atoms with Gasteiger partial charge in [0, 0.05) is 24.9 Å². The molecule has 1 heterocycles. The summed E-state index contributed by atoms with van der Waals surface area (Å²) in [6.45, 7) is 6.57. The number of aliphatic hydroxyl groups is 1. The lowest BCUT2D eigenvalue weighted by Gasteiger charge is -2.29. The van der Waals surface area contributed by atoms with Crippen molar-refractivity contribution in [3.63, 3.8) is 0 Å².